The quantitative estimate of drug-likeness (QED) is 0.891. The highest BCUT2D eigenvalue weighted by atomic mass is 35.5. The minimum atomic E-state index is -0.300. The topological polar surface area (TPSA) is 41.1 Å². The summed E-state index contributed by atoms with van der Waals surface area (Å²) in [5.74, 6) is -0.483. The molecular weight excluding hydrogens is 323 g/mol. The lowest BCUT2D eigenvalue weighted by Gasteiger charge is -2.19. The monoisotopic (exact) mass is 338 g/mol. The average Bonchev–Trinajstić information content (AvgIpc) is 2.94. The standard InChI is InChI=1S/C16H16ClFN2OS/c17-14-5-2-11(22-14)3-6-15(21)20-13-4-1-10-9-19-8-7-12(10)16(13)18/h1-2,4-5,19H,3,6-9H2,(H,20,21). The van der Waals surface area contributed by atoms with Crippen molar-refractivity contribution < 1.29 is 9.18 Å². The number of thiophene rings is 1. The molecule has 2 aromatic rings. The largest absolute Gasteiger partial charge is 0.324 e. The van der Waals surface area contributed by atoms with Crippen LogP contribution < -0.4 is 10.6 Å². The Bertz CT molecular complexity index is 701. The third-order valence-electron chi connectivity index (χ3n) is 3.71. The molecule has 3 rings (SSSR count). The summed E-state index contributed by atoms with van der Waals surface area (Å²) in [6.45, 7) is 1.44. The van der Waals surface area contributed by atoms with Gasteiger partial charge in [-0.15, -0.1) is 11.3 Å². The van der Waals surface area contributed by atoms with E-state index >= 15 is 0 Å². The molecule has 0 saturated heterocycles. The van der Waals surface area contributed by atoms with Crippen molar-refractivity contribution in [3.05, 3.63) is 50.4 Å². The maximum Gasteiger partial charge on any atom is 0.224 e. The SMILES string of the molecule is O=C(CCc1ccc(Cl)s1)Nc1ccc2c(c1F)CCNC2. The molecule has 0 aliphatic carbocycles. The minimum Gasteiger partial charge on any atom is -0.324 e. The number of hydrogen-bond donors (Lipinski definition) is 2. The number of nitrogens with one attached hydrogen (secondary N) is 2. The van der Waals surface area contributed by atoms with E-state index in [2.05, 4.69) is 10.6 Å². The number of halogens is 2. The maximum atomic E-state index is 14.4. The van der Waals surface area contributed by atoms with E-state index < -0.39 is 0 Å². The summed E-state index contributed by atoms with van der Waals surface area (Å²) in [4.78, 5) is 13.0. The van der Waals surface area contributed by atoms with Gasteiger partial charge in [-0.05, 0) is 48.7 Å². The van der Waals surface area contributed by atoms with Crippen LogP contribution in [-0.4, -0.2) is 12.5 Å². The van der Waals surface area contributed by atoms with Crippen LogP contribution in [0, 0.1) is 5.82 Å². The Kier molecular flexibility index (Phi) is 4.76. The van der Waals surface area contributed by atoms with Crippen LogP contribution in [0.1, 0.15) is 22.4 Å². The van der Waals surface area contributed by atoms with Gasteiger partial charge in [0.25, 0.3) is 0 Å². The van der Waals surface area contributed by atoms with Crippen molar-refractivity contribution in [1.82, 2.24) is 5.32 Å². The molecule has 0 radical (unpaired) electrons. The van der Waals surface area contributed by atoms with E-state index in [0.29, 0.717) is 35.7 Å². The summed E-state index contributed by atoms with van der Waals surface area (Å²) in [5, 5.41) is 5.88. The molecule has 1 aliphatic rings. The third-order valence-corrected chi connectivity index (χ3v) is 5.00. The van der Waals surface area contributed by atoms with Crippen molar-refractivity contribution in [2.24, 2.45) is 0 Å². The van der Waals surface area contributed by atoms with Crippen LogP contribution in [0.2, 0.25) is 4.34 Å². The van der Waals surface area contributed by atoms with Crippen LogP contribution in [0.3, 0.4) is 0 Å². The number of rotatable bonds is 4. The van der Waals surface area contributed by atoms with Crippen molar-refractivity contribution in [3.8, 4) is 0 Å². The molecular formula is C16H16ClFN2OS. The van der Waals surface area contributed by atoms with Gasteiger partial charge in [-0.3, -0.25) is 4.79 Å². The number of hydrogen-bond acceptors (Lipinski definition) is 3. The molecule has 1 aromatic carbocycles. The van der Waals surface area contributed by atoms with Gasteiger partial charge in [0.05, 0.1) is 10.0 Å². The van der Waals surface area contributed by atoms with Crippen LogP contribution in [0.15, 0.2) is 24.3 Å². The summed E-state index contributed by atoms with van der Waals surface area (Å²) < 4.78 is 15.1. The predicted molar refractivity (Wildman–Crippen MR) is 88.1 cm³/mol. The smallest absolute Gasteiger partial charge is 0.224 e. The molecule has 1 aromatic heterocycles. The van der Waals surface area contributed by atoms with E-state index in [0.717, 1.165) is 17.0 Å². The first-order valence-corrected chi connectivity index (χ1v) is 8.38. The Balaban J connectivity index is 1.64. The molecule has 0 bridgehead atoms. The Morgan fingerprint density at radius 3 is 3.00 bits per heavy atom. The number of benzene rings is 1. The van der Waals surface area contributed by atoms with Gasteiger partial charge in [0.1, 0.15) is 5.82 Å². The molecule has 1 amide bonds. The zero-order valence-electron chi connectivity index (χ0n) is 11.9. The minimum absolute atomic E-state index is 0.183. The number of amides is 1. The molecule has 0 saturated carbocycles. The molecule has 0 spiro atoms. The van der Waals surface area contributed by atoms with Gasteiger partial charge in [-0.2, -0.15) is 0 Å². The van der Waals surface area contributed by atoms with Crippen LogP contribution in [0.4, 0.5) is 10.1 Å². The Morgan fingerprint density at radius 1 is 1.36 bits per heavy atom. The highest BCUT2D eigenvalue weighted by Gasteiger charge is 2.17. The van der Waals surface area contributed by atoms with Crippen LogP contribution in [0.5, 0.6) is 0 Å². The van der Waals surface area contributed by atoms with Gasteiger partial charge in [-0.1, -0.05) is 17.7 Å². The van der Waals surface area contributed by atoms with Gasteiger partial charge < -0.3 is 10.6 Å². The molecule has 0 unspecified atom stereocenters. The van der Waals surface area contributed by atoms with E-state index in [1.165, 1.54) is 11.3 Å². The van der Waals surface area contributed by atoms with Crippen molar-refractivity contribution in [2.75, 3.05) is 11.9 Å². The number of carbonyl (C=O) groups is 1. The first-order chi connectivity index (χ1) is 10.6. The maximum absolute atomic E-state index is 14.4. The van der Waals surface area contributed by atoms with Gasteiger partial charge in [0.15, 0.2) is 0 Å². The predicted octanol–water partition coefficient (Wildman–Crippen LogP) is 3.76. The summed E-state index contributed by atoms with van der Waals surface area (Å²) in [6, 6.07) is 7.24. The molecule has 3 nitrogen and oxygen atoms in total. The van der Waals surface area contributed by atoms with Gasteiger partial charge in [0, 0.05) is 17.8 Å². The Labute approximate surface area is 137 Å². The fraction of sp³-hybridized carbons (Fsp3) is 0.312. The van der Waals surface area contributed by atoms with E-state index in [4.69, 9.17) is 11.6 Å². The Hall–Kier alpha value is -1.43. The van der Waals surface area contributed by atoms with Crippen LogP contribution in [0.25, 0.3) is 0 Å². The number of aryl methyl sites for hydroxylation is 1. The molecule has 116 valence electrons. The van der Waals surface area contributed by atoms with Gasteiger partial charge >= 0.3 is 0 Å². The lowest BCUT2D eigenvalue weighted by Crippen LogP contribution is -2.25. The first-order valence-electron chi connectivity index (χ1n) is 7.18. The second-order valence-electron chi connectivity index (χ2n) is 5.25. The summed E-state index contributed by atoms with van der Waals surface area (Å²) >= 11 is 7.32. The van der Waals surface area contributed by atoms with Gasteiger partial charge in [0.2, 0.25) is 5.91 Å². The van der Waals surface area contributed by atoms with Crippen molar-refractivity contribution in [1.29, 1.82) is 0 Å². The number of anilines is 1. The van der Waals surface area contributed by atoms with E-state index in [9.17, 15) is 9.18 Å². The summed E-state index contributed by atoms with van der Waals surface area (Å²) in [7, 11) is 0. The fourth-order valence-electron chi connectivity index (χ4n) is 2.57. The third kappa shape index (κ3) is 3.48. The average molecular weight is 339 g/mol. The second kappa shape index (κ2) is 6.77. The van der Waals surface area contributed by atoms with E-state index in [1.54, 1.807) is 6.07 Å². The van der Waals surface area contributed by atoms with Crippen molar-refractivity contribution in [3.63, 3.8) is 0 Å². The molecule has 6 heteroatoms. The molecule has 2 heterocycles. The van der Waals surface area contributed by atoms with E-state index in [1.807, 2.05) is 18.2 Å². The zero-order chi connectivity index (χ0) is 15.5. The lowest BCUT2D eigenvalue weighted by molar-refractivity contribution is -0.116. The van der Waals surface area contributed by atoms with Crippen molar-refractivity contribution >= 4 is 34.5 Å². The second-order valence-corrected chi connectivity index (χ2v) is 7.05. The van der Waals surface area contributed by atoms with Crippen LogP contribution in [-0.2, 0) is 24.2 Å². The summed E-state index contributed by atoms with van der Waals surface area (Å²) in [5.41, 5.74) is 1.95. The lowest BCUT2D eigenvalue weighted by atomic mass is 9.99. The molecule has 0 fully saturated rings. The van der Waals surface area contributed by atoms with Crippen molar-refractivity contribution in [2.45, 2.75) is 25.8 Å². The number of carbonyl (C=O) groups excluding carboxylic acids is 1. The molecule has 1 aliphatic heterocycles. The van der Waals surface area contributed by atoms with Gasteiger partial charge in [-0.25, -0.2) is 4.39 Å². The zero-order valence-corrected chi connectivity index (χ0v) is 13.5. The first kappa shape index (κ1) is 15.5. The number of fused-ring (bicyclic) bond motifs is 1. The highest BCUT2D eigenvalue weighted by molar-refractivity contribution is 7.16. The summed E-state index contributed by atoms with van der Waals surface area (Å²) in [6.07, 6.45) is 1.58. The molecule has 2 N–H and O–H groups in total. The normalized spacial score (nSPS) is 13.7. The molecule has 0 atom stereocenters. The fourth-order valence-corrected chi connectivity index (χ4v) is 3.65. The van der Waals surface area contributed by atoms with E-state index in [-0.39, 0.29) is 17.4 Å². The highest BCUT2D eigenvalue weighted by Crippen LogP contribution is 2.25. The molecule has 22 heavy (non-hydrogen) atoms. The van der Waals surface area contributed by atoms with Crippen LogP contribution >= 0.6 is 22.9 Å². The Morgan fingerprint density at radius 2 is 2.23 bits per heavy atom.